The summed E-state index contributed by atoms with van der Waals surface area (Å²) in [5.74, 6) is 0.772. The molecule has 2 rings (SSSR count). The molecule has 1 N–H and O–H groups in total. The van der Waals surface area contributed by atoms with Crippen LogP contribution in [0.5, 0.6) is 0 Å². The quantitative estimate of drug-likeness (QED) is 0.866. The highest BCUT2D eigenvalue weighted by atomic mass is 127. The molecule has 0 aliphatic heterocycles. The molecule has 17 heavy (non-hydrogen) atoms. The van der Waals surface area contributed by atoms with Crippen LogP contribution >= 0.6 is 22.6 Å². The Labute approximate surface area is 114 Å². The van der Waals surface area contributed by atoms with Crippen LogP contribution in [0.1, 0.15) is 18.3 Å². The van der Waals surface area contributed by atoms with Crippen molar-refractivity contribution in [3.05, 3.63) is 45.6 Å². The van der Waals surface area contributed by atoms with E-state index in [1.54, 1.807) is 11.6 Å². The molecule has 1 atom stereocenters. The van der Waals surface area contributed by atoms with E-state index in [4.69, 9.17) is 0 Å². The first-order valence-electron chi connectivity index (χ1n) is 5.30. The van der Waals surface area contributed by atoms with Gasteiger partial charge in [0.1, 0.15) is 12.2 Å². The fraction of sp³-hybridized carbons (Fsp3) is 0.333. The van der Waals surface area contributed by atoms with Crippen molar-refractivity contribution >= 4 is 22.6 Å². The lowest BCUT2D eigenvalue weighted by atomic mass is 9.92. The smallest absolute Gasteiger partial charge is 0.138 e. The number of hydrogen-bond donors (Lipinski definition) is 1. The second-order valence-corrected chi connectivity index (χ2v) is 5.50. The van der Waals surface area contributed by atoms with E-state index in [0.29, 0.717) is 6.42 Å². The Morgan fingerprint density at radius 2 is 2.00 bits per heavy atom. The molecular weight excluding hydrogens is 329 g/mol. The Kier molecular flexibility index (Phi) is 3.48. The van der Waals surface area contributed by atoms with Crippen molar-refractivity contribution in [2.24, 2.45) is 7.05 Å². The summed E-state index contributed by atoms with van der Waals surface area (Å²) in [5, 5.41) is 14.5. The number of hydrogen-bond acceptors (Lipinski definition) is 3. The van der Waals surface area contributed by atoms with E-state index in [1.807, 2.05) is 31.3 Å². The lowest BCUT2D eigenvalue weighted by Crippen LogP contribution is -2.26. The molecule has 0 aliphatic carbocycles. The van der Waals surface area contributed by atoms with Crippen LogP contribution in [-0.2, 0) is 19.1 Å². The lowest BCUT2D eigenvalue weighted by Gasteiger charge is -2.23. The molecule has 1 aromatic carbocycles. The number of aromatic nitrogens is 3. The van der Waals surface area contributed by atoms with Crippen molar-refractivity contribution in [3.8, 4) is 0 Å². The number of rotatable bonds is 3. The molecule has 1 aromatic heterocycles. The molecule has 5 heteroatoms. The van der Waals surface area contributed by atoms with Gasteiger partial charge in [-0.3, -0.25) is 4.68 Å². The van der Waals surface area contributed by atoms with Crippen LogP contribution in [0.3, 0.4) is 0 Å². The summed E-state index contributed by atoms with van der Waals surface area (Å²) in [4.78, 5) is 4.13. The van der Waals surface area contributed by atoms with E-state index in [-0.39, 0.29) is 0 Å². The van der Waals surface area contributed by atoms with E-state index in [2.05, 4.69) is 32.7 Å². The predicted molar refractivity (Wildman–Crippen MR) is 73.4 cm³/mol. The monoisotopic (exact) mass is 343 g/mol. The SMILES string of the molecule is Cn1ncnc1CC(C)(O)c1ccc(I)cc1. The summed E-state index contributed by atoms with van der Waals surface area (Å²) < 4.78 is 2.84. The summed E-state index contributed by atoms with van der Waals surface area (Å²) >= 11 is 2.24. The molecule has 0 amide bonds. The molecule has 0 bridgehead atoms. The molecule has 0 fully saturated rings. The minimum atomic E-state index is -0.925. The van der Waals surface area contributed by atoms with Crippen molar-refractivity contribution in [1.82, 2.24) is 14.8 Å². The van der Waals surface area contributed by atoms with Crippen LogP contribution in [-0.4, -0.2) is 19.9 Å². The second kappa shape index (κ2) is 4.73. The van der Waals surface area contributed by atoms with Gasteiger partial charge in [0.05, 0.1) is 5.60 Å². The first-order valence-corrected chi connectivity index (χ1v) is 6.38. The van der Waals surface area contributed by atoms with Crippen molar-refractivity contribution in [3.63, 3.8) is 0 Å². The van der Waals surface area contributed by atoms with Crippen LogP contribution in [0.2, 0.25) is 0 Å². The van der Waals surface area contributed by atoms with E-state index < -0.39 is 5.60 Å². The second-order valence-electron chi connectivity index (χ2n) is 4.26. The number of benzene rings is 1. The van der Waals surface area contributed by atoms with E-state index in [9.17, 15) is 5.11 Å². The molecular formula is C12H14IN3O. The minimum Gasteiger partial charge on any atom is -0.385 e. The van der Waals surface area contributed by atoms with E-state index >= 15 is 0 Å². The predicted octanol–water partition coefficient (Wildman–Crippen LogP) is 1.87. The van der Waals surface area contributed by atoms with Gasteiger partial charge in [0, 0.05) is 17.0 Å². The van der Waals surface area contributed by atoms with Gasteiger partial charge < -0.3 is 5.11 Å². The first kappa shape index (κ1) is 12.5. The average Bonchev–Trinajstić information content (AvgIpc) is 2.64. The van der Waals surface area contributed by atoms with Gasteiger partial charge >= 0.3 is 0 Å². The molecule has 0 radical (unpaired) electrons. The van der Waals surface area contributed by atoms with Crippen LogP contribution in [0.4, 0.5) is 0 Å². The summed E-state index contributed by atoms with van der Waals surface area (Å²) in [6.45, 7) is 1.80. The highest BCUT2D eigenvalue weighted by Gasteiger charge is 2.25. The number of aryl methyl sites for hydroxylation is 1. The molecule has 4 nitrogen and oxygen atoms in total. The van der Waals surface area contributed by atoms with Crippen molar-refractivity contribution in [1.29, 1.82) is 0 Å². The third-order valence-corrected chi connectivity index (χ3v) is 3.49. The van der Waals surface area contributed by atoms with Gasteiger partial charge in [-0.15, -0.1) is 0 Å². The van der Waals surface area contributed by atoms with Crippen LogP contribution in [0.15, 0.2) is 30.6 Å². The topological polar surface area (TPSA) is 50.9 Å². The maximum atomic E-state index is 10.5. The van der Waals surface area contributed by atoms with E-state index in [1.165, 1.54) is 6.33 Å². The molecule has 2 aromatic rings. The molecule has 0 saturated carbocycles. The van der Waals surface area contributed by atoms with Crippen molar-refractivity contribution < 1.29 is 5.11 Å². The molecule has 1 heterocycles. The van der Waals surface area contributed by atoms with Gasteiger partial charge in [-0.05, 0) is 47.2 Å². The van der Waals surface area contributed by atoms with Crippen LogP contribution in [0, 0.1) is 3.57 Å². The third-order valence-electron chi connectivity index (χ3n) is 2.77. The van der Waals surface area contributed by atoms with Gasteiger partial charge in [-0.1, -0.05) is 12.1 Å². The number of nitrogens with zero attached hydrogens (tertiary/aromatic N) is 3. The Morgan fingerprint density at radius 3 is 2.53 bits per heavy atom. The molecule has 1 unspecified atom stereocenters. The highest BCUT2D eigenvalue weighted by Crippen LogP contribution is 2.24. The van der Waals surface area contributed by atoms with Gasteiger partial charge in [0.15, 0.2) is 0 Å². The zero-order valence-electron chi connectivity index (χ0n) is 9.76. The number of aliphatic hydroxyl groups is 1. The van der Waals surface area contributed by atoms with Crippen LogP contribution in [0.25, 0.3) is 0 Å². The summed E-state index contributed by atoms with van der Waals surface area (Å²) in [5.41, 5.74) is -0.0357. The molecule has 0 spiro atoms. The van der Waals surface area contributed by atoms with E-state index in [0.717, 1.165) is 15.0 Å². The maximum absolute atomic E-state index is 10.5. The van der Waals surface area contributed by atoms with Gasteiger partial charge in [0.25, 0.3) is 0 Å². The normalized spacial score (nSPS) is 14.6. The lowest BCUT2D eigenvalue weighted by molar-refractivity contribution is 0.0545. The molecule has 0 saturated heterocycles. The Bertz CT molecular complexity index is 505. The number of halogens is 1. The molecule has 0 aliphatic rings. The van der Waals surface area contributed by atoms with Gasteiger partial charge in [0.2, 0.25) is 0 Å². The standard InChI is InChI=1S/C12H14IN3O/c1-12(17,7-11-14-8-15-16(11)2)9-3-5-10(13)6-4-9/h3-6,8,17H,7H2,1-2H3. The fourth-order valence-electron chi connectivity index (χ4n) is 1.70. The molecule has 90 valence electrons. The van der Waals surface area contributed by atoms with Gasteiger partial charge in [-0.25, -0.2) is 4.98 Å². The summed E-state index contributed by atoms with van der Waals surface area (Å²) in [6.07, 6.45) is 1.95. The Balaban J connectivity index is 2.24. The average molecular weight is 343 g/mol. The summed E-state index contributed by atoms with van der Waals surface area (Å²) in [6, 6.07) is 7.86. The fourth-order valence-corrected chi connectivity index (χ4v) is 2.06. The minimum absolute atomic E-state index is 0.449. The van der Waals surface area contributed by atoms with Crippen LogP contribution < -0.4 is 0 Å². The Morgan fingerprint density at radius 1 is 1.35 bits per heavy atom. The highest BCUT2D eigenvalue weighted by molar-refractivity contribution is 14.1. The largest absolute Gasteiger partial charge is 0.385 e. The summed E-state index contributed by atoms with van der Waals surface area (Å²) in [7, 11) is 1.83. The maximum Gasteiger partial charge on any atom is 0.138 e. The zero-order valence-corrected chi connectivity index (χ0v) is 11.9. The van der Waals surface area contributed by atoms with Crippen molar-refractivity contribution in [2.75, 3.05) is 0 Å². The zero-order chi connectivity index (χ0) is 12.5. The van der Waals surface area contributed by atoms with Crippen molar-refractivity contribution in [2.45, 2.75) is 18.9 Å². The van der Waals surface area contributed by atoms with Gasteiger partial charge in [-0.2, -0.15) is 5.10 Å². The first-order chi connectivity index (χ1) is 7.99. The third kappa shape index (κ3) is 2.84. The Hall–Kier alpha value is -0.950.